The summed E-state index contributed by atoms with van der Waals surface area (Å²) in [5.74, 6) is 0. The fourth-order valence-corrected chi connectivity index (χ4v) is 2.58. The van der Waals surface area contributed by atoms with Gasteiger partial charge in [0.05, 0.1) is 0 Å². The quantitative estimate of drug-likeness (QED) is 0.525. The predicted molar refractivity (Wildman–Crippen MR) is 91.6 cm³/mol. The molecule has 0 saturated heterocycles. The lowest BCUT2D eigenvalue weighted by atomic mass is 9.81. The first-order chi connectivity index (χ1) is 9.32. The Morgan fingerprint density at radius 3 is 1.40 bits per heavy atom. The summed E-state index contributed by atoms with van der Waals surface area (Å²) in [6, 6.07) is 0. The first-order valence-electron chi connectivity index (χ1n) is 7.30. The number of allylic oxidation sites excluding steroid dienone is 10. The standard InChI is InChI=1S/2C10H14/c2*1-4-10(3)7-5-6-9(2)8-10/h2*4-7H,1,8H2,2-3H3. The van der Waals surface area contributed by atoms with Gasteiger partial charge < -0.3 is 0 Å². The van der Waals surface area contributed by atoms with Crippen LogP contribution in [-0.4, -0.2) is 0 Å². The number of hydrogen-bond donors (Lipinski definition) is 0. The molecular weight excluding hydrogens is 240 g/mol. The van der Waals surface area contributed by atoms with E-state index >= 15 is 0 Å². The van der Waals surface area contributed by atoms with E-state index in [2.05, 4.69) is 77.3 Å². The maximum Gasteiger partial charge on any atom is 0.00702 e. The van der Waals surface area contributed by atoms with Gasteiger partial charge in [0.15, 0.2) is 0 Å². The lowest BCUT2D eigenvalue weighted by Gasteiger charge is -2.24. The van der Waals surface area contributed by atoms with Crippen LogP contribution in [-0.2, 0) is 0 Å². The van der Waals surface area contributed by atoms with E-state index in [9.17, 15) is 0 Å². The summed E-state index contributed by atoms with van der Waals surface area (Å²) in [5.41, 5.74) is 3.28. The van der Waals surface area contributed by atoms with E-state index < -0.39 is 0 Å². The number of rotatable bonds is 2. The Labute approximate surface area is 125 Å². The highest BCUT2D eigenvalue weighted by molar-refractivity contribution is 5.26. The normalized spacial score (nSPS) is 31.6. The maximum absolute atomic E-state index is 3.81. The second-order valence-corrected chi connectivity index (χ2v) is 6.52. The van der Waals surface area contributed by atoms with E-state index in [0.717, 1.165) is 12.8 Å². The molecule has 0 spiro atoms. The summed E-state index contributed by atoms with van der Waals surface area (Å²) in [6.07, 6.45) is 19.2. The highest BCUT2D eigenvalue weighted by Gasteiger charge is 2.18. The second-order valence-electron chi connectivity index (χ2n) is 6.52. The van der Waals surface area contributed by atoms with Crippen molar-refractivity contribution in [3.8, 4) is 0 Å². The highest BCUT2D eigenvalue weighted by Crippen LogP contribution is 2.32. The van der Waals surface area contributed by atoms with Crippen LogP contribution in [0.25, 0.3) is 0 Å². The molecule has 2 rings (SSSR count). The third-order valence-electron chi connectivity index (χ3n) is 3.97. The SMILES string of the molecule is C=CC1(C)C=CC=C(C)C1.C=CC1(C)C=CC=C(C)C1. The molecule has 0 nitrogen and oxygen atoms in total. The van der Waals surface area contributed by atoms with Crippen LogP contribution in [0.4, 0.5) is 0 Å². The van der Waals surface area contributed by atoms with Gasteiger partial charge in [0.2, 0.25) is 0 Å². The molecule has 0 radical (unpaired) electrons. The van der Waals surface area contributed by atoms with Gasteiger partial charge >= 0.3 is 0 Å². The van der Waals surface area contributed by atoms with Gasteiger partial charge in [-0.25, -0.2) is 0 Å². The molecule has 20 heavy (non-hydrogen) atoms. The lowest BCUT2D eigenvalue weighted by Crippen LogP contribution is -2.11. The van der Waals surface area contributed by atoms with E-state index in [4.69, 9.17) is 0 Å². The van der Waals surface area contributed by atoms with Gasteiger partial charge in [0, 0.05) is 10.8 Å². The van der Waals surface area contributed by atoms with Crippen LogP contribution in [0.1, 0.15) is 40.5 Å². The second kappa shape index (κ2) is 6.74. The molecule has 108 valence electrons. The Kier molecular flexibility index (Phi) is 5.56. The van der Waals surface area contributed by atoms with Gasteiger partial charge in [-0.2, -0.15) is 0 Å². The Bertz CT molecular complexity index is 438. The molecule has 0 aromatic heterocycles. The van der Waals surface area contributed by atoms with Crippen molar-refractivity contribution < 1.29 is 0 Å². The Hall–Kier alpha value is -1.56. The van der Waals surface area contributed by atoms with Crippen molar-refractivity contribution >= 4 is 0 Å². The minimum atomic E-state index is 0.207. The molecule has 0 heterocycles. The predicted octanol–water partition coefficient (Wildman–Crippen LogP) is 6.17. The van der Waals surface area contributed by atoms with E-state index in [0.29, 0.717) is 0 Å². The smallest absolute Gasteiger partial charge is 0.00702 e. The Morgan fingerprint density at radius 1 is 0.850 bits per heavy atom. The molecule has 0 saturated carbocycles. The highest BCUT2D eigenvalue weighted by atomic mass is 14.2. The zero-order valence-corrected chi connectivity index (χ0v) is 13.4. The van der Waals surface area contributed by atoms with Crippen LogP contribution in [0.2, 0.25) is 0 Å². The van der Waals surface area contributed by atoms with Gasteiger partial charge in [0.25, 0.3) is 0 Å². The topological polar surface area (TPSA) is 0 Å². The van der Waals surface area contributed by atoms with Gasteiger partial charge in [-0.15, -0.1) is 13.2 Å². The van der Waals surface area contributed by atoms with E-state index in [1.54, 1.807) is 0 Å². The zero-order valence-electron chi connectivity index (χ0n) is 13.4. The van der Waals surface area contributed by atoms with Gasteiger partial charge in [-0.1, -0.05) is 73.6 Å². The minimum absolute atomic E-state index is 0.207. The van der Waals surface area contributed by atoms with Crippen molar-refractivity contribution in [1.29, 1.82) is 0 Å². The molecule has 0 amide bonds. The molecule has 0 aromatic rings. The van der Waals surface area contributed by atoms with Crippen molar-refractivity contribution in [2.75, 3.05) is 0 Å². The summed E-state index contributed by atoms with van der Waals surface area (Å²) >= 11 is 0. The molecule has 2 unspecified atom stereocenters. The van der Waals surface area contributed by atoms with Crippen LogP contribution in [0.5, 0.6) is 0 Å². The maximum atomic E-state index is 3.81. The van der Waals surface area contributed by atoms with Crippen LogP contribution in [0.3, 0.4) is 0 Å². The molecular formula is C20H28. The summed E-state index contributed by atoms with van der Waals surface area (Å²) in [4.78, 5) is 0. The van der Waals surface area contributed by atoms with Gasteiger partial charge in [-0.05, 0) is 26.7 Å². The fourth-order valence-electron chi connectivity index (χ4n) is 2.58. The summed E-state index contributed by atoms with van der Waals surface area (Å²) < 4.78 is 0. The van der Waals surface area contributed by atoms with E-state index in [1.165, 1.54) is 11.1 Å². The van der Waals surface area contributed by atoms with Crippen LogP contribution < -0.4 is 0 Å². The fraction of sp³-hybridized carbons (Fsp3) is 0.400. The first kappa shape index (κ1) is 16.5. The third kappa shape index (κ3) is 4.85. The van der Waals surface area contributed by atoms with E-state index in [-0.39, 0.29) is 10.8 Å². The third-order valence-corrected chi connectivity index (χ3v) is 3.97. The monoisotopic (exact) mass is 268 g/mol. The average molecular weight is 268 g/mol. The minimum Gasteiger partial charge on any atom is -0.102 e. The molecule has 0 heteroatoms. The van der Waals surface area contributed by atoms with E-state index in [1.807, 2.05) is 12.2 Å². The van der Waals surface area contributed by atoms with Crippen LogP contribution in [0, 0.1) is 10.8 Å². The van der Waals surface area contributed by atoms with Crippen molar-refractivity contribution in [3.63, 3.8) is 0 Å². The van der Waals surface area contributed by atoms with Crippen LogP contribution >= 0.6 is 0 Å². The lowest BCUT2D eigenvalue weighted by molar-refractivity contribution is 0.540. The molecule has 0 bridgehead atoms. The molecule has 2 aliphatic rings. The molecule has 0 aliphatic heterocycles. The van der Waals surface area contributed by atoms with Crippen molar-refractivity contribution in [2.24, 2.45) is 10.8 Å². The van der Waals surface area contributed by atoms with Crippen molar-refractivity contribution in [3.05, 3.63) is 72.9 Å². The van der Waals surface area contributed by atoms with Gasteiger partial charge in [0.1, 0.15) is 0 Å². The number of hydrogen-bond acceptors (Lipinski definition) is 0. The Morgan fingerprint density at radius 2 is 1.20 bits per heavy atom. The summed E-state index contributed by atoms with van der Waals surface area (Å²) in [6.45, 7) is 16.3. The molecule has 2 atom stereocenters. The first-order valence-corrected chi connectivity index (χ1v) is 7.30. The molecule has 0 N–H and O–H groups in total. The van der Waals surface area contributed by atoms with Crippen LogP contribution in [0.15, 0.2) is 72.9 Å². The zero-order chi connectivity index (χ0) is 15.2. The largest absolute Gasteiger partial charge is 0.102 e. The van der Waals surface area contributed by atoms with Crippen molar-refractivity contribution in [2.45, 2.75) is 40.5 Å². The Balaban J connectivity index is 0.000000200. The molecule has 0 fully saturated rings. The summed E-state index contributed by atoms with van der Waals surface area (Å²) in [5, 5.41) is 0. The summed E-state index contributed by atoms with van der Waals surface area (Å²) in [7, 11) is 0. The van der Waals surface area contributed by atoms with Crippen molar-refractivity contribution in [1.82, 2.24) is 0 Å². The molecule has 2 aliphatic carbocycles. The molecule has 0 aromatic carbocycles. The average Bonchev–Trinajstić information content (AvgIpc) is 2.39. The van der Waals surface area contributed by atoms with Gasteiger partial charge in [-0.3, -0.25) is 0 Å².